The van der Waals surface area contributed by atoms with Crippen molar-refractivity contribution in [1.82, 2.24) is 9.80 Å². The minimum absolute atomic E-state index is 0.0993. The summed E-state index contributed by atoms with van der Waals surface area (Å²) in [4.78, 5) is 32.6. The molecule has 0 aromatic heterocycles. The molecule has 40 heavy (non-hydrogen) atoms. The molecule has 1 radical (unpaired) electrons. The van der Waals surface area contributed by atoms with Crippen molar-refractivity contribution < 1.29 is 29.6 Å². The number of primary amides is 1. The number of nitrogens with zero attached hydrogens (tertiary/aromatic N) is 3. The number of methoxy groups -OCH3 is 1. The number of fused-ring (bicyclic) bond motifs is 3. The third-order valence-corrected chi connectivity index (χ3v) is 10.1. The fourth-order valence-corrected chi connectivity index (χ4v) is 7.87. The number of amides is 1. The van der Waals surface area contributed by atoms with Gasteiger partial charge in [-0.3, -0.25) is 0 Å². The van der Waals surface area contributed by atoms with E-state index in [0.29, 0.717) is 19.4 Å². The van der Waals surface area contributed by atoms with Gasteiger partial charge in [-0.05, 0) is 0 Å². The standard InChI is InChI=1S/C28H37BN4O6P/c1-31(2)21-13(9-33-10-14(11-33)39-5)8-17(34)19-15(21)6-12-7-16-22(32(3)4)24(36)20(27(30)38)25(29)28(16,40)26(37)18(12)23(19)35/h8,12,14,16,22,34-36H,6-7,9-11,40H2,1-5H3,(H2,30,38)/t12-,16-,22-,28+/m0/s1. The third-order valence-electron chi connectivity index (χ3n) is 9.09. The number of ether oxygens (including phenoxy) is 1. The Morgan fingerprint density at radius 1 is 1.25 bits per heavy atom. The Morgan fingerprint density at radius 2 is 1.90 bits per heavy atom. The van der Waals surface area contributed by atoms with Gasteiger partial charge in [0.1, 0.15) is 0 Å². The molecule has 0 spiro atoms. The minimum atomic E-state index is -1.47. The first kappa shape index (κ1) is 28.8. The summed E-state index contributed by atoms with van der Waals surface area (Å²) in [5.74, 6) is -2.93. The number of aliphatic hydroxyl groups is 2. The molecule has 1 unspecified atom stereocenters. The van der Waals surface area contributed by atoms with Crippen LogP contribution in [0.1, 0.15) is 23.1 Å². The van der Waals surface area contributed by atoms with E-state index >= 15 is 0 Å². The molecule has 1 heterocycles. The zero-order valence-electron chi connectivity index (χ0n) is 23.6. The SMILES string of the molecule is [B]=C1C(C(N)=O)=C(O)[C@@H](N(C)C)[C@@H]2C[C@@H]3Cc4c(c(O)cc(CN5CC(OC)C5)c4N(C)C)C(O)=C3C(=O)[C@]12P. The molecule has 1 amide bonds. The zero-order chi connectivity index (χ0) is 29.4. The van der Waals surface area contributed by atoms with Crippen molar-refractivity contribution in [3.05, 3.63) is 39.7 Å². The van der Waals surface area contributed by atoms with Crippen molar-refractivity contribution in [1.29, 1.82) is 0 Å². The molecule has 5 N–H and O–H groups in total. The van der Waals surface area contributed by atoms with Crippen molar-refractivity contribution in [2.24, 2.45) is 17.6 Å². The van der Waals surface area contributed by atoms with Crippen molar-refractivity contribution in [2.75, 3.05) is 53.3 Å². The summed E-state index contributed by atoms with van der Waals surface area (Å²) >= 11 is 0. The third kappa shape index (κ3) is 4.04. The van der Waals surface area contributed by atoms with Gasteiger partial charge in [-0.1, -0.05) is 0 Å². The maximum atomic E-state index is 14.3. The van der Waals surface area contributed by atoms with E-state index < -0.39 is 34.7 Å². The number of likely N-dealkylation sites (N-methyl/N-ethyl adjacent to an activating group) is 1. The molecule has 5 rings (SSSR count). The number of nitrogens with two attached hydrogens (primary N) is 1. The van der Waals surface area contributed by atoms with Crippen LogP contribution in [0.3, 0.4) is 0 Å². The fraction of sp³-hybridized carbons (Fsp3) is 0.536. The van der Waals surface area contributed by atoms with Crippen LogP contribution < -0.4 is 10.6 Å². The number of phenols is 1. The second kappa shape index (κ2) is 9.98. The first-order valence-corrected chi connectivity index (χ1v) is 13.9. The molecule has 0 bridgehead atoms. The Morgan fingerprint density at radius 3 is 2.45 bits per heavy atom. The number of aromatic hydroxyl groups is 1. The van der Waals surface area contributed by atoms with Gasteiger partial charge in [-0.2, -0.15) is 0 Å². The summed E-state index contributed by atoms with van der Waals surface area (Å²) in [6.07, 6.45) is 0.988. The molecule has 1 aromatic rings. The van der Waals surface area contributed by atoms with Crippen LogP contribution in [-0.4, -0.2) is 115 Å². The van der Waals surface area contributed by atoms with Crippen LogP contribution in [0.15, 0.2) is 23.0 Å². The van der Waals surface area contributed by atoms with Crippen LogP contribution in [0.2, 0.25) is 0 Å². The average Bonchev–Trinajstić information content (AvgIpc) is 2.82. The Hall–Kier alpha value is -2.72. The number of rotatable bonds is 6. The van der Waals surface area contributed by atoms with Crippen LogP contribution >= 0.6 is 9.24 Å². The van der Waals surface area contributed by atoms with E-state index in [2.05, 4.69) is 14.1 Å². The maximum absolute atomic E-state index is 14.3. The molecule has 3 aliphatic carbocycles. The normalized spacial score (nSPS) is 28.8. The number of benzene rings is 1. The molecule has 2 fully saturated rings. The second-order valence-corrected chi connectivity index (χ2v) is 12.8. The predicted molar refractivity (Wildman–Crippen MR) is 158 cm³/mol. The van der Waals surface area contributed by atoms with E-state index in [1.807, 2.05) is 19.0 Å². The monoisotopic (exact) mass is 567 g/mol. The summed E-state index contributed by atoms with van der Waals surface area (Å²) in [7, 11) is 18.0. The molecule has 1 saturated heterocycles. The van der Waals surface area contributed by atoms with Crippen molar-refractivity contribution in [3.63, 3.8) is 0 Å². The zero-order valence-corrected chi connectivity index (χ0v) is 24.7. The van der Waals surface area contributed by atoms with Crippen molar-refractivity contribution in [3.8, 4) is 5.75 Å². The number of anilines is 1. The summed E-state index contributed by atoms with van der Waals surface area (Å²) in [5.41, 5.74) is 8.20. The topological polar surface area (TPSA) is 140 Å². The summed E-state index contributed by atoms with van der Waals surface area (Å²) in [5, 5.41) is 32.5. The fourth-order valence-electron chi connectivity index (χ4n) is 7.26. The van der Waals surface area contributed by atoms with Gasteiger partial charge in [0, 0.05) is 7.11 Å². The van der Waals surface area contributed by atoms with Crippen molar-refractivity contribution >= 4 is 45.3 Å². The van der Waals surface area contributed by atoms with E-state index in [9.17, 15) is 24.9 Å². The van der Waals surface area contributed by atoms with E-state index in [4.69, 9.17) is 18.0 Å². The number of carbonyl (C=O) groups is 2. The molecule has 1 saturated carbocycles. The van der Waals surface area contributed by atoms with Gasteiger partial charge in [0.15, 0.2) is 0 Å². The molecule has 1 aliphatic heterocycles. The van der Waals surface area contributed by atoms with Gasteiger partial charge in [0.05, 0.1) is 6.10 Å². The Balaban J connectivity index is 1.65. The number of ketones is 1. The average molecular weight is 567 g/mol. The molecular weight excluding hydrogens is 530 g/mol. The van der Waals surface area contributed by atoms with Crippen LogP contribution in [0.5, 0.6) is 5.75 Å². The Bertz CT molecular complexity index is 1380. The number of hydrogen-bond donors (Lipinski definition) is 4. The van der Waals surface area contributed by atoms with Crippen LogP contribution in [0.25, 0.3) is 5.76 Å². The number of allylic oxidation sites excluding steroid dienone is 1. The summed E-state index contributed by atoms with van der Waals surface area (Å²) < 4.78 is 5.41. The first-order valence-electron chi connectivity index (χ1n) is 13.3. The molecule has 213 valence electrons. The number of aliphatic hydroxyl groups excluding tert-OH is 2. The Labute approximate surface area is 237 Å². The van der Waals surface area contributed by atoms with Gasteiger partial charge in [0.2, 0.25) is 0 Å². The van der Waals surface area contributed by atoms with Crippen LogP contribution in [-0.2, 0) is 27.3 Å². The van der Waals surface area contributed by atoms with Crippen LogP contribution in [0, 0.1) is 11.8 Å². The molecule has 5 atom stereocenters. The van der Waals surface area contributed by atoms with E-state index in [1.165, 1.54) is 0 Å². The van der Waals surface area contributed by atoms with E-state index in [0.717, 1.165) is 29.9 Å². The molecule has 12 heteroatoms. The number of Topliss-reactive ketones (excluding diaryl/α,β-unsaturated/α-hetero) is 1. The second-order valence-electron chi connectivity index (χ2n) is 11.9. The summed E-state index contributed by atoms with van der Waals surface area (Å²) in [6.45, 7) is 2.19. The number of hydrogen-bond acceptors (Lipinski definition) is 9. The molecular formula is C28H37BN4O6P. The van der Waals surface area contributed by atoms with Crippen molar-refractivity contribution in [2.45, 2.75) is 36.7 Å². The van der Waals surface area contributed by atoms with Crippen LogP contribution in [0.4, 0.5) is 5.69 Å². The quantitative estimate of drug-likeness (QED) is 0.286. The predicted octanol–water partition coefficient (Wildman–Crippen LogP) is 0.515. The number of likely N-dealkylation sites (tertiary alicyclic amines) is 1. The number of carbonyl (C=O) groups excluding carboxylic acids is 2. The van der Waals surface area contributed by atoms with Gasteiger partial charge < -0.3 is 4.74 Å². The van der Waals surface area contributed by atoms with E-state index in [1.54, 1.807) is 32.2 Å². The van der Waals surface area contributed by atoms with Gasteiger partial charge in [0.25, 0.3) is 0 Å². The molecule has 4 aliphatic rings. The van der Waals surface area contributed by atoms with E-state index in [-0.39, 0.29) is 45.5 Å². The first-order chi connectivity index (χ1) is 18.7. The number of phenolic OH excluding ortho intramolecular Hbond substituents is 1. The van der Waals surface area contributed by atoms with Gasteiger partial charge in [-0.15, -0.1) is 0 Å². The molecule has 10 nitrogen and oxygen atoms in total. The Kier molecular flexibility index (Phi) is 7.18. The summed E-state index contributed by atoms with van der Waals surface area (Å²) in [6, 6.07) is 0.960. The van der Waals surface area contributed by atoms with Gasteiger partial charge in [-0.25, -0.2) is 0 Å². The molecule has 1 aromatic carbocycles. The van der Waals surface area contributed by atoms with Gasteiger partial charge >= 0.3 is 220 Å².